The van der Waals surface area contributed by atoms with Gasteiger partial charge in [-0.2, -0.15) is 18.3 Å². The molecule has 1 fully saturated rings. The zero-order valence-electron chi connectivity index (χ0n) is 10.4. The summed E-state index contributed by atoms with van der Waals surface area (Å²) < 4.78 is 66.9. The summed E-state index contributed by atoms with van der Waals surface area (Å²) in [4.78, 5) is 0. The van der Waals surface area contributed by atoms with Gasteiger partial charge in [-0.25, -0.2) is 8.78 Å². The highest BCUT2D eigenvalue weighted by molar-refractivity contribution is 5.35. The first-order chi connectivity index (χ1) is 9.20. The number of rotatable bonds is 2. The first-order valence-corrected chi connectivity index (χ1v) is 6.43. The first kappa shape index (κ1) is 13.8. The van der Waals surface area contributed by atoms with Gasteiger partial charge in [0.2, 0.25) is 0 Å². The van der Waals surface area contributed by atoms with Crippen LogP contribution in [-0.2, 0) is 19.1 Å². The largest absolute Gasteiger partial charge is 0.435 e. The Morgan fingerprint density at radius 3 is 2.50 bits per heavy atom. The van der Waals surface area contributed by atoms with Gasteiger partial charge in [-0.05, 0) is 25.2 Å². The van der Waals surface area contributed by atoms with Gasteiger partial charge in [0, 0.05) is 24.2 Å². The van der Waals surface area contributed by atoms with Gasteiger partial charge in [0.05, 0.1) is 0 Å². The summed E-state index contributed by atoms with van der Waals surface area (Å²) in [7, 11) is 0. The van der Waals surface area contributed by atoms with Crippen molar-refractivity contribution in [1.82, 2.24) is 9.78 Å². The predicted molar refractivity (Wildman–Crippen MR) is 58.2 cm³/mol. The number of nitrogens with zero attached hydrogens (tertiary/aromatic N) is 2. The van der Waals surface area contributed by atoms with Crippen molar-refractivity contribution < 1.29 is 27.1 Å². The van der Waals surface area contributed by atoms with Crippen LogP contribution < -0.4 is 0 Å². The molecule has 1 N–H and O–H groups in total. The Morgan fingerprint density at radius 2 is 1.95 bits per heavy atom. The van der Waals surface area contributed by atoms with E-state index in [4.69, 9.17) is 0 Å². The minimum atomic E-state index is -4.84. The summed E-state index contributed by atoms with van der Waals surface area (Å²) in [6.45, 7) is 0.302. The van der Waals surface area contributed by atoms with Crippen molar-refractivity contribution in [2.45, 2.75) is 50.4 Å². The number of aromatic nitrogens is 2. The average Bonchev–Trinajstić information content (AvgIpc) is 3.03. The molecule has 3 rings (SSSR count). The van der Waals surface area contributed by atoms with Crippen LogP contribution in [0, 0.1) is 5.92 Å². The summed E-state index contributed by atoms with van der Waals surface area (Å²) in [5.74, 6) is -3.28. The fourth-order valence-corrected chi connectivity index (χ4v) is 2.60. The second-order valence-electron chi connectivity index (χ2n) is 5.50. The molecular weight excluding hydrogens is 283 g/mol. The third-order valence-electron chi connectivity index (χ3n) is 3.86. The molecule has 0 aliphatic heterocycles. The summed E-state index contributed by atoms with van der Waals surface area (Å²) in [5.41, 5.74) is -2.02. The van der Waals surface area contributed by atoms with Crippen molar-refractivity contribution in [3.8, 4) is 0 Å². The van der Waals surface area contributed by atoms with Crippen LogP contribution in [0.15, 0.2) is 0 Å². The SMILES string of the molecule is OC1c2c(C(F)(F)F)nn(CC3CC3)c2CCC1(F)F. The molecule has 1 atom stereocenters. The molecule has 0 bridgehead atoms. The number of alkyl halides is 5. The number of fused-ring (bicyclic) bond motifs is 1. The van der Waals surface area contributed by atoms with Gasteiger partial charge in [0.15, 0.2) is 5.69 Å². The number of hydrogen-bond donors (Lipinski definition) is 1. The molecule has 2 aliphatic carbocycles. The number of aliphatic hydroxyl groups excluding tert-OH is 1. The second kappa shape index (κ2) is 4.16. The van der Waals surface area contributed by atoms with E-state index in [1.54, 1.807) is 0 Å². The van der Waals surface area contributed by atoms with Crippen molar-refractivity contribution in [3.05, 3.63) is 17.0 Å². The maximum absolute atomic E-state index is 13.5. The van der Waals surface area contributed by atoms with E-state index in [9.17, 15) is 27.1 Å². The molecule has 0 amide bonds. The van der Waals surface area contributed by atoms with Gasteiger partial charge in [0.1, 0.15) is 6.10 Å². The van der Waals surface area contributed by atoms with Crippen molar-refractivity contribution in [1.29, 1.82) is 0 Å². The molecule has 0 saturated heterocycles. The van der Waals surface area contributed by atoms with E-state index < -0.39 is 35.9 Å². The van der Waals surface area contributed by atoms with Crippen LogP contribution in [0.5, 0.6) is 0 Å². The van der Waals surface area contributed by atoms with Crippen molar-refractivity contribution in [3.63, 3.8) is 0 Å². The fraction of sp³-hybridized carbons (Fsp3) is 0.750. The molecule has 0 radical (unpaired) electrons. The Morgan fingerprint density at radius 1 is 1.30 bits per heavy atom. The molecule has 1 heterocycles. The molecule has 1 unspecified atom stereocenters. The molecule has 3 nitrogen and oxygen atoms in total. The first-order valence-electron chi connectivity index (χ1n) is 6.43. The third kappa shape index (κ3) is 2.19. The smallest absolute Gasteiger partial charge is 0.382 e. The highest BCUT2D eigenvalue weighted by atomic mass is 19.4. The van der Waals surface area contributed by atoms with E-state index in [1.165, 1.54) is 0 Å². The van der Waals surface area contributed by atoms with Crippen LogP contribution in [0.25, 0.3) is 0 Å². The minimum absolute atomic E-state index is 0.0997. The topological polar surface area (TPSA) is 38.1 Å². The zero-order chi connectivity index (χ0) is 14.7. The Bertz CT molecular complexity index is 533. The summed E-state index contributed by atoms with van der Waals surface area (Å²) >= 11 is 0. The Labute approximate surface area is 111 Å². The van der Waals surface area contributed by atoms with Gasteiger partial charge in [0.25, 0.3) is 5.92 Å². The second-order valence-corrected chi connectivity index (χ2v) is 5.50. The quantitative estimate of drug-likeness (QED) is 0.852. The lowest BCUT2D eigenvalue weighted by Crippen LogP contribution is -2.33. The molecule has 1 aromatic heterocycles. The Kier molecular flexibility index (Phi) is 2.87. The Balaban J connectivity index is 2.09. The molecule has 0 aromatic carbocycles. The van der Waals surface area contributed by atoms with Crippen molar-refractivity contribution in [2.75, 3.05) is 0 Å². The highest BCUT2D eigenvalue weighted by Crippen LogP contribution is 2.47. The predicted octanol–water partition coefficient (Wildman–Crippen LogP) is 2.93. The summed E-state index contributed by atoms with van der Waals surface area (Å²) in [6, 6.07) is 0. The lowest BCUT2D eigenvalue weighted by Gasteiger charge is -2.28. The molecular formula is C12H13F5N2O. The molecule has 1 saturated carbocycles. The van der Waals surface area contributed by atoms with Gasteiger partial charge >= 0.3 is 6.18 Å². The average molecular weight is 296 g/mol. The van der Waals surface area contributed by atoms with Crippen LogP contribution in [0.4, 0.5) is 22.0 Å². The van der Waals surface area contributed by atoms with Crippen molar-refractivity contribution >= 4 is 0 Å². The van der Waals surface area contributed by atoms with Gasteiger partial charge < -0.3 is 5.11 Å². The van der Waals surface area contributed by atoms with Crippen molar-refractivity contribution in [2.24, 2.45) is 5.92 Å². The van der Waals surface area contributed by atoms with E-state index in [0.717, 1.165) is 17.5 Å². The zero-order valence-corrected chi connectivity index (χ0v) is 10.4. The normalized spacial score (nSPS) is 25.6. The van der Waals surface area contributed by atoms with Gasteiger partial charge in [-0.15, -0.1) is 0 Å². The molecule has 8 heteroatoms. The lowest BCUT2D eigenvalue weighted by atomic mass is 9.89. The maximum Gasteiger partial charge on any atom is 0.435 e. The summed E-state index contributed by atoms with van der Waals surface area (Å²) in [6.07, 6.45) is -6.31. The van der Waals surface area contributed by atoms with E-state index in [-0.39, 0.29) is 18.0 Å². The standard InChI is InChI=1S/C12H13F5N2O/c13-11(14)4-3-7-8(10(11)20)9(12(15,16)17)18-19(7)5-6-1-2-6/h6,10,20H,1-5H2. The minimum Gasteiger partial charge on any atom is -0.382 e. The van der Waals surface area contributed by atoms with Crippen LogP contribution in [0.3, 0.4) is 0 Å². The summed E-state index contributed by atoms with van der Waals surface area (Å²) in [5, 5.41) is 13.1. The molecule has 112 valence electrons. The number of aliphatic hydroxyl groups is 1. The molecule has 2 aliphatic rings. The Hall–Kier alpha value is -1.18. The molecule has 1 aromatic rings. The van der Waals surface area contributed by atoms with E-state index in [1.807, 2.05) is 0 Å². The fourth-order valence-electron chi connectivity index (χ4n) is 2.60. The number of halogens is 5. The van der Waals surface area contributed by atoms with Crippen LogP contribution >= 0.6 is 0 Å². The van der Waals surface area contributed by atoms with E-state index in [2.05, 4.69) is 5.10 Å². The van der Waals surface area contributed by atoms with Crippen LogP contribution in [-0.4, -0.2) is 20.8 Å². The van der Waals surface area contributed by atoms with Gasteiger partial charge in [-0.1, -0.05) is 0 Å². The monoisotopic (exact) mass is 296 g/mol. The third-order valence-corrected chi connectivity index (χ3v) is 3.86. The van der Waals surface area contributed by atoms with Crippen LogP contribution in [0.1, 0.15) is 42.3 Å². The van der Waals surface area contributed by atoms with Gasteiger partial charge in [-0.3, -0.25) is 4.68 Å². The van der Waals surface area contributed by atoms with E-state index in [0.29, 0.717) is 6.54 Å². The van der Waals surface area contributed by atoms with E-state index >= 15 is 0 Å². The maximum atomic E-state index is 13.5. The molecule has 0 spiro atoms. The number of hydrogen-bond acceptors (Lipinski definition) is 2. The highest BCUT2D eigenvalue weighted by Gasteiger charge is 2.51. The lowest BCUT2D eigenvalue weighted by molar-refractivity contribution is -0.150. The molecule has 20 heavy (non-hydrogen) atoms. The van der Waals surface area contributed by atoms with Crippen LogP contribution in [0.2, 0.25) is 0 Å².